The Morgan fingerprint density at radius 3 is 2.38 bits per heavy atom. The number of fused-ring (bicyclic) bond motifs is 3. The molecule has 0 aliphatic heterocycles. The minimum absolute atomic E-state index is 0.105. The Morgan fingerprint density at radius 1 is 0.850 bits per heavy atom. The first-order valence-corrected chi connectivity index (χ1v) is 14.3. The zero-order valence-corrected chi connectivity index (χ0v) is 23.2. The Hall–Kier alpha value is -4.56. The number of rotatable bonds is 9. The Balaban J connectivity index is 1.25. The van der Waals surface area contributed by atoms with Crippen LogP contribution in [-0.2, 0) is 11.3 Å². The summed E-state index contributed by atoms with van der Waals surface area (Å²) in [6.07, 6.45) is 0. The summed E-state index contributed by atoms with van der Waals surface area (Å²) >= 11 is 1.36. The van der Waals surface area contributed by atoms with E-state index in [-0.39, 0.29) is 11.7 Å². The van der Waals surface area contributed by atoms with Crippen molar-refractivity contribution in [3.05, 3.63) is 97.1 Å². The van der Waals surface area contributed by atoms with E-state index in [1.807, 2.05) is 78.2 Å². The zero-order chi connectivity index (χ0) is 27.5. The maximum Gasteiger partial charge on any atom is 0.234 e. The summed E-state index contributed by atoms with van der Waals surface area (Å²) in [5.74, 6) is 1.60. The van der Waals surface area contributed by atoms with E-state index in [0.29, 0.717) is 17.6 Å². The second-order valence-corrected chi connectivity index (χ2v) is 10.2. The van der Waals surface area contributed by atoms with Crippen molar-refractivity contribution in [2.24, 2.45) is 0 Å². The number of aromatic nitrogens is 4. The first kappa shape index (κ1) is 25.7. The van der Waals surface area contributed by atoms with Crippen molar-refractivity contribution in [1.29, 1.82) is 0 Å². The van der Waals surface area contributed by atoms with Crippen LogP contribution in [0.3, 0.4) is 0 Å². The van der Waals surface area contributed by atoms with Gasteiger partial charge < -0.3 is 14.6 Å². The summed E-state index contributed by atoms with van der Waals surface area (Å²) in [4.78, 5) is 13.1. The lowest BCUT2D eigenvalue weighted by Crippen LogP contribution is -2.14. The number of ether oxygens (including phenoxy) is 1. The molecule has 0 spiro atoms. The number of hydrogen-bond acceptors (Lipinski definition) is 5. The Kier molecular flexibility index (Phi) is 7.25. The van der Waals surface area contributed by atoms with E-state index in [1.165, 1.54) is 22.7 Å². The molecule has 2 aromatic heterocycles. The number of hydrogen-bond donors (Lipinski definition) is 1. The number of nitrogens with zero attached hydrogens (tertiary/aromatic N) is 4. The van der Waals surface area contributed by atoms with Crippen LogP contribution in [0.2, 0.25) is 0 Å². The quantitative estimate of drug-likeness (QED) is 0.194. The molecule has 0 saturated heterocycles. The number of para-hydroxylation sites is 1. The van der Waals surface area contributed by atoms with Crippen LogP contribution in [0, 0.1) is 0 Å². The predicted octanol–water partition coefficient (Wildman–Crippen LogP) is 7.19. The summed E-state index contributed by atoms with van der Waals surface area (Å²) in [6, 6.07) is 32.2. The van der Waals surface area contributed by atoms with E-state index >= 15 is 0 Å². The molecule has 0 fully saturated rings. The SMILES string of the molecule is CCOc1ccc(-n2c(SCC(=O)Nc3ccc4c(c3)c3ccccc3n4CC)nnc2-c2ccccc2)cc1. The van der Waals surface area contributed by atoms with E-state index in [1.54, 1.807) is 0 Å². The first-order chi connectivity index (χ1) is 19.7. The third-order valence-corrected chi connectivity index (χ3v) is 7.70. The monoisotopic (exact) mass is 547 g/mol. The lowest BCUT2D eigenvalue weighted by Gasteiger charge is -2.12. The van der Waals surface area contributed by atoms with Gasteiger partial charge in [-0.15, -0.1) is 10.2 Å². The molecular formula is C32H29N5O2S. The van der Waals surface area contributed by atoms with Crippen LogP contribution in [0.5, 0.6) is 5.75 Å². The molecular weight excluding hydrogens is 518 g/mol. The van der Waals surface area contributed by atoms with Crippen LogP contribution in [0.4, 0.5) is 5.69 Å². The average Bonchev–Trinajstić information content (AvgIpc) is 3.56. The van der Waals surface area contributed by atoms with Crippen molar-refractivity contribution in [2.75, 3.05) is 17.7 Å². The average molecular weight is 548 g/mol. The fourth-order valence-corrected chi connectivity index (χ4v) is 5.78. The van der Waals surface area contributed by atoms with E-state index in [9.17, 15) is 4.79 Å². The molecule has 0 aliphatic carbocycles. The molecule has 4 aromatic carbocycles. The number of carbonyl (C=O) groups excluding carboxylic acids is 1. The molecule has 7 nitrogen and oxygen atoms in total. The number of benzene rings is 4. The van der Waals surface area contributed by atoms with E-state index in [4.69, 9.17) is 4.74 Å². The fraction of sp³-hybridized carbons (Fsp3) is 0.156. The van der Waals surface area contributed by atoms with Crippen LogP contribution in [0.25, 0.3) is 38.9 Å². The Bertz CT molecular complexity index is 1790. The highest BCUT2D eigenvalue weighted by Gasteiger charge is 2.18. The van der Waals surface area contributed by atoms with Crippen molar-refractivity contribution in [2.45, 2.75) is 25.5 Å². The topological polar surface area (TPSA) is 74.0 Å². The predicted molar refractivity (Wildman–Crippen MR) is 162 cm³/mol. The second-order valence-electron chi connectivity index (χ2n) is 9.26. The van der Waals surface area contributed by atoms with Crippen LogP contribution in [-0.4, -0.2) is 37.6 Å². The van der Waals surface area contributed by atoms with Crippen molar-refractivity contribution < 1.29 is 9.53 Å². The molecule has 1 N–H and O–H groups in total. The summed E-state index contributed by atoms with van der Waals surface area (Å²) in [6.45, 7) is 5.59. The van der Waals surface area contributed by atoms with Crippen molar-refractivity contribution in [1.82, 2.24) is 19.3 Å². The molecule has 2 heterocycles. The van der Waals surface area contributed by atoms with Gasteiger partial charge in [-0.3, -0.25) is 9.36 Å². The number of anilines is 1. The van der Waals surface area contributed by atoms with Crippen LogP contribution >= 0.6 is 11.8 Å². The first-order valence-electron chi connectivity index (χ1n) is 13.3. The highest BCUT2D eigenvalue weighted by Crippen LogP contribution is 2.32. The molecule has 0 saturated carbocycles. The Morgan fingerprint density at radius 2 is 1.60 bits per heavy atom. The van der Waals surface area contributed by atoms with Gasteiger partial charge in [-0.05, 0) is 62.4 Å². The largest absolute Gasteiger partial charge is 0.494 e. The number of amides is 1. The number of carbonyl (C=O) groups is 1. The number of aryl methyl sites for hydroxylation is 1. The van der Waals surface area contributed by atoms with Crippen molar-refractivity contribution in [3.8, 4) is 22.8 Å². The highest BCUT2D eigenvalue weighted by molar-refractivity contribution is 7.99. The van der Waals surface area contributed by atoms with E-state index in [2.05, 4.69) is 57.3 Å². The van der Waals surface area contributed by atoms with Gasteiger partial charge in [0.15, 0.2) is 11.0 Å². The van der Waals surface area contributed by atoms with Crippen LogP contribution in [0.1, 0.15) is 13.8 Å². The number of nitrogens with one attached hydrogen (secondary N) is 1. The lowest BCUT2D eigenvalue weighted by molar-refractivity contribution is -0.113. The van der Waals surface area contributed by atoms with Gasteiger partial charge in [0.2, 0.25) is 5.91 Å². The Labute approximate surface area is 236 Å². The smallest absolute Gasteiger partial charge is 0.234 e. The molecule has 0 atom stereocenters. The second kappa shape index (κ2) is 11.3. The van der Waals surface area contributed by atoms with Gasteiger partial charge >= 0.3 is 0 Å². The molecule has 0 aliphatic rings. The third-order valence-electron chi connectivity index (χ3n) is 6.78. The van der Waals surface area contributed by atoms with Crippen LogP contribution < -0.4 is 10.1 Å². The number of thioether (sulfide) groups is 1. The molecule has 0 radical (unpaired) electrons. The summed E-state index contributed by atoms with van der Waals surface area (Å²) in [5, 5.41) is 15.0. The van der Waals surface area contributed by atoms with Crippen LogP contribution in [0.15, 0.2) is 102 Å². The molecule has 8 heteroatoms. The molecule has 1 amide bonds. The fourth-order valence-electron chi connectivity index (χ4n) is 5.03. The molecule has 200 valence electrons. The van der Waals surface area contributed by atoms with Gasteiger partial charge in [-0.1, -0.05) is 60.3 Å². The van der Waals surface area contributed by atoms with Gasteiger partial charge in [0, 0.05) is 45.3 Å². The van der Waals surface area contributed by atoms with Gasteiger partial charge in [0.1, 0.15) is 5.75 Å². The standard InChI is InChI=1S/C32H29N5O2S/c1-3-36-28-13-9-8-12-26(28)27-20-23(14-19-29(27)36)33-30(38)21-40-32-35-34-31(22-10-6-5-7-11-22)37(32)24-15-17-25(18-16-24)39-4-2/h5-20H,3-4,21H2,1-2H3,(H,33,38). The lowest BCUT2D eigenvalue weighted by atomic mass is 10.1. The maximum atomic E-state index is 13.1. The molecule has 6 aromatic rings. The van der Waals surface area contributed by atoms with E-state index in [0.717, 1.165) is 40.1 Å². The minimum atomic E-state index is -0.105. The maximum absolute atomic E-state index is 13.1. The molecule has 0 bridgehead atoms. The summed E-state index contributed by atoms with van der Waals surface area (Å²) < 4.78 is 9.89. The van der Waals surface area contributed by atoms with Gasteiger partial charge in [0.05, 0.1) is 12.4 Å². The van der Waals surface area contributed by atoms with Crippen molar-refractivity contribution >= 4 is 45.2 Å². The third kappa shape index (κ3) is 4.94. The molecule has 6 rings (SSSR count). The minimum Gasteiger partial charge on any atom is -0.494 e. The normalized spacial score (nSPS) is 11.2. The molecule has 40 heavy (non-hydrogen) atoms. The summed E-state index contributed by atoms with van der Waals surface area (Å²) in [5.41, 5.74) is 4.97. The van der Waals surface area contributed by atoms with Crippen molar-refractivity contribution in [3.63, 3.8) is 0 Å². The summed E-state index contributed by atoms with van der Waals surface area (Å²) in [7, 11) is 0. The van der Waals surface area contributed by atoms with Gasteiger partial charge in [0.25, 0.3) is 0 Å². The van der Waals surface area contributed by atoms with E-state index < -0.39 is 0 Å². The zero-order valence-electron chi connectivity index (χ0n) is 22.4. The van der Waals surface area contributed by atoms with Gasteiger partial charge in [-0.2, -0.15) is 0 Å². The van der Waals surface area contributed by atoms with Gasteiger partial charge in [-0.25, -0.2) is 0 Å². The highest BCUT2D eigenvalue weighted by atomic mass is 32.2. The molecule has 0 unspecified atom stereocenters.